The maximum absolute atomic E-state index is 10.6. The second-order valence-electron chi connectivity index (χ2n) is 8.16. The van der Waals surface area contributed by atoms with Gasteiger partial charge in [-0.05, 0) is 35.7 Å². The zero-order valence-corrected chi connectivity index (χ0v) is 18.7. The molecule has 0 amide bonds. The minimum atomic E-state index is -0.837. The van der Waals surface area contributed by atoms with Gasteiger partial charge in [0.2, 0.25) is 6.23 Å². The third-order valence-electron chi connectivity index (χ3n) is 5.79. The molecule has 0 fully saturated rings. The first-order valence-electron chi connectivity index (χ1n) is 11.1. The molecular weight excluding hydrogens is 426 g/mol. The highest BCUT2D eigenvalue weighted by atomic mass is 16.5. The van der Waals surface area contributed by atoms with Gasteiger partial charge in [-0.1, -0.05) is 72.8 Å². The Morgan fingerprint density at radius 1 is 0.824 bits per heavy atom. The summed E-state index contributed by atoms with van der Waals surface area (Å²) in [5, 5.41) is 10.6. The van der Waals surface area contributed by atoms with Gasteiger partial charge in [0.1, 0.15) is 30.0 Å². The summed E-state index contributed by atoms with van der Waals surface area (Å²) in [6.07, 6.45) is 1.35. The number of nitrogen functional groups attached to an aromatic ring is 1. The van der Waals surface area contributed by atoms with E-state index in [-0.39, 0.29) is 11.7 Å². The van der Waals surface area contributed by atoms with Crippen molar-refractivity contribution < 1.29 is 9.84 Å². The molecule has 0 aliphatic heterocycles. The van der Waals surface area contributed by atoms with E-state index in [1.165, 1.54) is 17.5 Å². The molecule has 2 heterocycles. The van der Waals surface area contributed by atoms with E-state index in [1.54, 1.807) is 17.8 Å². The topological polar surface area (TPSA) is 99.1 Å². The van der Waals surface area contributed by atoms with Crippen LogP contribution in [0.15, 0.2) is 97.6 Å². The van der Waals surface area contributed by atoms with E-state index in [0.717, 1.165) is 5.56 Å². The molecule has 0 saturated carbocycles. The maximum atomic E-state index is 10.6. The molecule has 0 aliphatic carbocycles. The van der Waals surface area contributed by atoms with Crippen molar-refractivity contribution in [1.29, 1.82) is 0 Å². The molecule has 170 valence electrons. The summed E-state index contributed by atoms with van der Waals surface area (Å²) in [5.41, 5.74) is 10.4. The predicted octanol–water partition coefficient (Wildman–Crippen LogP) is 4.55. The maximum Gasteiger partial charge on any atom is 0.204 e. The van der Waals surface area contributed by atoms with Crippen LogP contribution in [0.4, 0.5) is 5.82 Å². The number of ether oxygens (including phenoxy) is 1. The highest BCUT2D eigenvalue weighted by Gasteiger charge is 2.24. The number of anilines is 1. The molecule has 0 spiro atoms. The fraction of sp³-hybridized carbons (Fsp3) is 0.148. The lowest BCUT2D eigenvalue weighted by Crippen LogP contribution is -2.26. The number of imidazole rings is 1. The van der Waals surface area contributed by atoms with Crippen molar-refractivity contribution >= 4 is 17.0 Å². The Morgan fingerprint density at radius 2 is 1.47 bits per heavy atom. The Balaban J connectivity index is 1.53. The first-order chi connectivity index (χ1) is 16.6. The van der Waals surface area contributed by atoms with E-state index in [4.69, 9.17) is 10.5 Å². The van der Waals surface area contributed by atoms with Gasteiger partial charge in [-0.25, -0.2) is 15.0 Å². The molecule has 34 heavy (non-hydrogen) atoms. The Kier molecular flexibility index (Phi) is 5.93. The normalized spacial score (nSPS) is 13.1. The lowest BCUT2D eigenvalue weighted by Gasteiger charge is -2.24. The molecule has 2 aromatic heterocycles. The number of fused-ring (bicyclic) bond motifs is 1. The van der Waals surface area contributed by atoms with Gasteiger partial charge in [0.15, 0.2) is 11.5 Å². The number of hydrogen-bond acceptors (Lipinski definition) is 6. The molecule has 2 atom stereocenters. The molecule has 0 saturated heterocycles. The van der Waals surface area contributed by atoms with Crippen molar-refractivity contribution in [3.63, 3.8) is 0 Å². The average Bonchev–Trinajstić information content (AvgIpc) is 3.29. The largest absolute Gasteiger partial charge is 0.467 e. The van der Waals surface area contributed by atoms with Crippen molar-refractivity contribution in [3.05, 3.63) is 114 Å². The van der Waals surface area contributed by atoms with Crippen LogP contribution in [0.25, 0.3) is 11.2 Å². The summed E-state index contributed by atoms with van der Waals surface area (Å²) >= 11 is 0. The Hall–Kier alpha value is -4.23. The summed E-state index contributed by atoms with van der Waals surface area (Å²) in [5.74, 6) is 0.949. The van der Waals surface area contributed by atoms with E-state index >= 15 is 0 Å². The summed E-state index contributed by atoms with van der Waals surface area (Å²) in [6, 6.07) is 28.7. The van der Waals surface area contributed by atoms with Gasteiger partial charge in [-0.15, -0.1) is 0 Å². The lowest BCUT2D eigenvalue weighted by molar-refractivity contribution is 0.00343. The third kappa shape index (κ3) is 4.21. The van der Waals surface area contributed by atoms with Crippen LogP contribution >= 0.6 is 0 Å². The highest BCUT2D eigenvalue weighted by Crippen LogP contribution is 2.34. The number of hydrogen-bond donors (Lipinski definition) is 2. The van der Waals surface area contributed by atoms with E-state index in [0.29, 0.717) is 16.9 Å². The molecule has 0 bridgehead atoms. The van der Waals surface area contributed by atoms with Crippen LogP contribution < -0.4 is 10.5 Å². The fourth-order valence-corrected chi connectivity index (χ4v) is 4.22. The second kappa shape index (κ2) is 9.33. The van der Waals surface area contributed by atoms with Crippen molar-refractivity contribution in [2.45, 2.75) is 25.2 Å². The molecule has 3 N–H and O–H groups in total. The van der Waals surface area contributed by atoms with Crippen LogP contribution in [0.2, 0.25) is 0 Å². The van der Waals surface area contributed by atoms with Crippen LogP contribution in [-0.2, 0) is 0 Å². The number of benzene rings is 3. The van der Waals surface area contributed by atoms with Crippen molar-refractivity contribution in [2.75, 3.05) is 5.73 Å². The van der Waals surface area contributed by atoms with Crippen LogP contribution in [0, 0.1) is 0 Å². The molecule has 3 aromatic carbocycles. The van der Waals surface area contributed by atoms with Crippen molar-refractivity contribution in [1.82, 2.24) is 19.5 Å². The van der Waals surface area contributed by atoms with E-state index in [2.05, 4.69) is 45.3 Å². The van der Waals surface area contributed by atoms with Crippen LogP contribution in [-0.4, -0.2) is 30.7 Å². The molecule has 0 radical (unpaired) electrons. The van der Waals surface area contributed by atoms with Crippen LogP contribution in [0.1, 0.15) is 35.8 Å². The van der Waals surface area contributed by atoms with Gasteiger partial charge < -0.3 is 15.6 Å². The summed E-state index contributed by atoms with van der Waals surface area (Å²) in [4.78, 5) is 12.6. The van der Waals surface area contributed by atoms with Gasteiger partial charge in [0, 0.05) is 5.92 Å². The van der Waals surface area contributed by atoms with Gasteiger partial charge in [-0.3, -0.25) is 4.57 Å². The van der Waals surface area contributed by atoms with Crippen LogP contribution in [0.3, 0.4) is 0 Å². The molecule has 2 unspecified atom stereocenters. The van der Waals surface area contributed by atoms with E-state index < -0.39 is 12.3 Å². The zero-order chi connectivity index (χ0) is 23.5. The summed E-state index contributed by atoms with van der Waals surface area (Å²) in [6.45, 7) is 1.67. The van der Waals surface area contributed by atoms with Gasteiger partial charge in [0.05, 0.1) is 0 Å². The zero-order valence-electron chi connectivity index (χ0n) is 18.7. The third-order valence-corrected chi connectivity index (χ3v) is 5.79. The van der Waals surface area contributed by atoms with Gasteiger partial charge in [-0.2, -0.15) is 0 Å². The summed E-state index contributed by atoms with van der Waals surface area (Å²) in [7, 11) is 0. The number of aromatic nitrogens is 4. The van der Waals surface area contributed by atoms with Crippen molar-refractivity contribution in [3.8, 4) is 5.75 Å². The number of nitrogens with zero attached hydrogens (tertiary/aromatic N) is 4. The molecular formula is C27H25N5O2. The average molecular weight is 452 g/mol. The quantitative estimate of drug-likeness (QED) is 0.352. The van der Waals surface area contributed by atoms with Gasteiger partial charge in [0.25, 0.3) is 0 Å². The number of rotatable bonds is 7. The van der Waals surface area contributed by atoms with E-state index in [1.807, 2.05) is 54.6 Å². The van der Waals surface area contributed by atoms with Crippen molar-refractivity contribution in [2.24, 2.45) is 0 Å². The smallest absolute Gasteiger partial charge is 0.204 e. The first kappa shape index (κ1) is 21.6. The Labute approximate surface area is 197 Å². The standard InChI is InChI=1S/C27H25N5O2/c1-18(33)27(32-17-31-24-25(28)29-16-30-26(24)32)34-22-14-8-13-21(15-22)23(19-9-4-2-5-10-19)20-11-6-3-7-12-20/h2-18,23,27,33H,1H3,(H2,28,29,30). The monoisotopic (exact) mass is 451 g/mol. The number of aliphatic hydroxyl groups excluding tert-OH is 1. The Bertz CT molecular complexity index is 1350. The lowest BCUT2D eigenvalue weighted by atomic mass is 9.85. The molecule has 0 aliphatic rings. The number of aliphatic hydroxyl groups is 1. The molecule has 5 rings (SSSR count). The second-order valence-corrected chi connectivity index (χ2v) is 8.16. The SMILES string of the molecule is CC(O)C(Oc1cccc(C(c2ccccc2)c2ccccc2)c1)n1cnc2c(N)ncnc21. The molecule has 5 aromatic rings. The first-order valence-corrected chi connectivity index (χ1v) is 11.1. The molecule has 7 heteroatoms. The van der Waals surface area contributed by atoms with Gasteiger partial charge >= 0.3 is 0 Å². The number of nitrogens with two attached hydrogens (primary N) is 1. The predicted molar refractivity (Wildman–Crippen MR) is 131 cm³/mol. The Morgan fingerprint density at radius 3 is 2.12 bits per heavy atom. The fourth-order valence-electron chi connectivity index (χ4n) is 4.22. The highest BCUT2D eigenvalue weighted by molar-refractivity contribution is 5.81. The minimum Gasteiger partial charge on any atom is -0.467 e. The minimum absolute atomic E-state index is 0.0394. The van der Waals surface area contributed by atoms with E-state index in [9.17, 15) is 5.11 Å². The van der Waals surface area contributed by atoms with Crippen LogP contribution in [0.5, 0.6) is 5.75 Å². The molecule has 7 nitrogen and oxygen atoms in total. The summed E-state index contributed by atoms with van der Waals surface area (Å²) < 4.78 is 7.98.